The first-order valence-corrected chi connectivity index (χ1v) is 12.2. The van der Waals surface area contributed by atoms with Gasteiger partial charge in [0.2, 0.25) is 0 Å². The zero-order valence-electron chi connectivity index (χ0n) is 19.8. The fraction of sp³-hybridized carbons (Fsp3) is 0.600. The number of aromatic nitrogens is 2. The first-order chi connectivity index (χ1) is 16.2. The minimum absolute atomic E-state index is 0.230. The Morgan fingerprint density at radius 1 is 1.24 bits per heavy atom. The molecule has 2 aliphatic heterocycles. The van der Waals surface area contributed by atoms with E-state index in [2.05, 4.69) is 22.5 Å². The quantitative estimate of drug-likeness (QED) is 0.504. The number of aliphatic hydroxyl groups excluding tert-OH is 1. The third-order valence-electron chi connectivity index (χ3n) is 6.24. The van der Waals surface area contributed by atoms with Crippen LogP contribution < -0.4 is 20.3 Å². The highest BCUT2D eigenvalue weighted by Gasteiger charge is 2.24. The van der Waals surface area contributed by atoms with E-state index >= 15 is 0 Å². The number of hydrogen-bond donors (Lipinski definition) is 3. The second-order valence-corrected chi connectivity index (χ2v) is 8.85. The molecule has 1 aromatic carbocycles. The van der Waals surface area contributed by atoms with Crippen molar-refractivity contribution in [3.63, 3.8) is 0 Å². The second kappa shape index (κ2) is 11.6. The van der Waals surface area contributed by atoms with Crippen LogP contribution in [0, 0.1) is 0 Å². The molecule has 8 nitrogen and oxygen atoms in total. The molecule has 0 spiro atoms. The molecule has 2 atom stereocenters. The Labute approximate surface area is 196 Å². The van der Waals surface area contributed by atoms with Crippen LogP contribution in [0.1, 0.15) is 38.2 Å². The molecule has 3 N–H and O–H groups in total. The lowest BCUT2D eigenvalue weighted by Crippen LogP contribution is -2.32. The number of hydrogen-bond acceptors (Lipinski definition) is 8. The van der Waals surface area contributed by atoms with Crippen LogP contribution in [-0.4, -0.2) is 73.7 Å². The van der Waals surface area contributed by atoms with Gasteiger partial charge in [0, 0.05) is 37.4 Å². The van der Waals surface area contributed by atoms with Crippen molar-refractivity contribution in [1.29, 1.82) is 0 Å². The van der Waals surface area contributed by atoms with Gasteiger partial charge in [-0.1, -0.05) is 19.1 Å². The summed E-state index contributed by atoms with van der Waals surface area (Å²) in [7, 11) is 1.81. The predicted molar refractivity (Wildman–Crippen MR) is 131 cm³/mol. The van der Waals surface area contributed by atoms with Gasteiger partial charge in [-0.2, -0.15) is 0 Å². The molecule has 8 heteroatoms. The van der Waals surface area contributed by atoms with E-state index in [9.17, 15) is 5.11 Å². The molecule has 0 saturated carbocycles. The van der Waals surface area contributed by atoms with Gasteiger partial charge >= 0.3 is 0 Å². The monoisotopic (exact) mass is 455 g/mol. The number of likely N-dealkylation sites (N-methyl/N-ethyl adjacent to an activating group) is 1. The van der Waals surface area contributed by atoms with Crippen LogP contribution >= 0.6 is 0 Å². The van der Waals surface area contributed by atoms with E-state index in [1.165, 1.54) is 24.8 Å². The number of nitrogens with zero attached hydrogens (tertiary/aromatic N) is 3. The van der Waals surface area contributed by atoms with Gasteiger partial charge in [0.1, 0.15) is 30.1 Å². The van der Waals surface area contributed by atoms with Crippen LogP contribution in [0.5, 0.6) is 5.75 Å². The van der Waals surface area contributed by atoms with E-state index < -0.39 is 6.10 Å². The SMILES string of the molecule is CCc1c(N[C@@H]2CCOC2)nc(-c2cccc(OCC(O)CNC)c2)nc1N1CCCCC1. The lowest BCUT2D eigenvalue weighted by molar-refractivity contribution is 0.108. The maximum absolute atomic E-state index is 9.97. The van der Waals surface area contributed by atoms with Crippen molar-refractivity contribution in [3.05, 3.63) is 29.8 Å². The smallest absolute Gasteiger partial charge is 0.164 e. The summed E-state index contributed by atoms with van der Waals surface area (Å²) in [6.07, 6.45) is 4.96. The lowest BCUT2D eigenvalue weighted by atomic mass is 10.1. The number of nitrogens with one attached hydrogen (secondary N) is 2. The molecule has 2 aliphatic rings. The second-order valence-electron chi connectivity index (χ2n) is 8.85. The first kappa shape index (κ1) is 23.7. The Morgan fingerprint density at radius 2 is 2.09 bits per heavy atom. The first-order valence-electron chi connectivity index (χ1n) is 12.2. The van der Waals surface area contributed by atoms with Gasteiger partial charge in [0.05, 0.1) is 12.6 Å². The van der Waals surface area contributed by atoms with Crippen LogP contribution in [-0.2, 0) is 11.2 Å². The molecule has 1 aromatic heterocycles. The van der Waals surface area contributed by atoms with Crippen molar-refractivity contribution in [2.24, 2.45) is 0 Å². The van der Waals surface area contributed by atoms with E-state index in [0.717, 1.165) is 49.7 Å². The van der Waals surface area contributed by atoms with Crippen LogP contribution in [0.4, 0.5) is 11.6 Å². The molecule has 0 amide bonds. The molecule has 2 aromatic rings. The molecule has 0 bridgehead atoms. The van der Waals surface area contributed by atoms with E-state index in [1.54, 1.807) is 0 Å². The Hall–Kier alpha value is -2.42. The van der Waals surface area contributed by atoms with Gasteiger partial charge in [-0.05, 0) is 51.3 Å². The van der Waals surface area contributed by atoms with Crippen LogP contribution in [0.15, 0.2) is 24.3 Å². The van der Waals surface area contributed by atoms with Gasteiger partial charge < -0.3 is 30.1 Å². The van der Waals surface area contributed by atoms with Crippen molar-refractivity contribution in [3.8, 4) is 17.1 Å². The van der Waals surface area contributed by atoms with E-state index in [1.807, 2.05) is 31.3 Å². The molecule has 2 saturated heterocycles. The highest BCUT2D eigenvalue weighted by atomic mass is 16.5. The Balaban J connectivity index is 1.66. The summed E-state index contributed by atoms with van der Waals surface area (Å²) in [5.41, 5.74) is 2.08. The van der Waals surface area contributed by atoms with E-state index in [4.69, 9.17) is 19.4 Å². The van der Waals surface area contributed by atoms with E-state index in [-0.39, 0.29) is 12.6 Å². The molecule has 2 fully saturated rings. The standard InChI is InChI=1S/C25H37N5O3/c1-3-22-24(27-19-10-13-32-16-19)28-23(29-25(22)30-11-5-4-6-12-30)18-8-7-9-21(14-18)33-17-20(31)15-26-2/h7-9,14,19-20,26,31H,3-6,10-13,15-17H2,1-2H3,(H,27,28,29)/t19-,20?/m1/s1. The number of ether oxygens (including phenoxy) is 2. The minimum atomic E-state index is -0.561. The number of anilines is 2. The minimum Gasteiger partial charge on any atom is -0.491 e. The normalized spacial score (nSPS) is 19.5. The summed E-state index contributed by atoms with van der Waals surface area (Å²) in [4.78, 5) is 12.5. The third kappa shape index (κ3) is 6.13. The van der Waals surface area contributed by atoms with Crippen molar-refractivity contribution < 1.29 is 14.6 Å². The van der Waals surface area contributed by atoms with Gasteiger partial charge in [-0.3, -0.25) is 0 Å². The van der Waals surface area contributed by atoms with E-state index in [0.29, 0.717) is 24.7 Å². The van der Waals surface area contributed by atoms with Crippen LogP contribution in [0.2, 0.25) is 0 Å². The molecule has 180 valence electrons. The number of piperidine rings is 1. The average molecular weight is 456 g/mol. The fourth-order valence-electron chi connectivity index (χ4n) is 4.47. The topological polar surface area (TPSA) is 91.8 Å². The summed E-state index contributed by atoms with van der Waals surface area (Å²) < 4.78 is 11.4. The highest BCUT2D eigenvalue weighted by Crippen LogP contribution is 2.32. The summed E-state index contributed by atoms with van der Waals surface area (Å²) in [6.45, 7) is 6.44. The summed E-state index contributed by atoms with van der Waals surface area (Å²) in [6, 6.07) is 8.09. The average Bonchev–Trinajstić information content (AvgIpc) is 3.36. The van der Waals surface area contributed by atoms with Gasteiger partial charge in [-0.25, -0.2) is 9.97 Å². The fourth-order valence-corrected chi connectivity index (χ4v) is 4.47. The molecule has 1 unspecified atom stereocenters. The van der Waals surface area contributed by atoms with Gasteiger partial charge in [-0.15, -0.1) is 0 Å². The van der Waals surface area contributed by atoms with Gasteiger partial charge in [0.25, 0.3) is 0 Å². The molecule has 0 aliphatic carbocycles. The lowest BCUT2D eigenvalue weighted by Gasteiger charge is -2.30. The zero-order valence-corrected chi connectivity index (χ0v) is 19.8. The maximum Gasteiger partial charge on any atom is 0.164 e. The summed E-state index contributed by atoms with van der Waals surface area (Å²) in [5, 5.41) is 16.6. The maximum atomic E-state index is 9.97. The Bertz CT molecular complexity index is 898. The predicted octanol–water partition coefficient (Wildman–Crippen LogP) is 2.86. The Morgan fingerprint density at radius 3 is 2.82 bits per heavy atom. The molecule has 3 heterocycles. The van der Waals surface area contributed by atoms with Crippen molar-refractivity contribution >= 4 is 11.6 Å². The molecule has 0 radical (unpaired) electrons. The Kier molecular flexibility index (Phi) is 8.36. The molecule has 4 rings (SSSR count). The van der Waals surface area contributed by atoms with Gasteiger partial charge in [0.15, 0.2) is 5.82 Å². The molecule has 33 heavy (non-hydrogen) atoms. The largest absolute Gasteiger partial charge is 0.491 e. The van der Waals surface area contributed by atoms with Crippen molar-refractivity contribution in [1.82, 2.24) is 15.3 Å². The zero-order chi connectivity index (χ0) is 23.0. The van der Waals surface area contributed by atoms with Crippen LogP contribution in [0.25, 0.3) is 11.4 Å². The summed E-state index contributed by atoms with van der Waals surface area (Å²) in [5.74, 6) is 3.34. The van der Waals surface area contributed by atoms with Crippen LogP contribution in [0.3, 0.4) is 0 Å². The number of rotatable bonds is 10. The number of benzene rings is 1. The molecular weight excluding hydrogens is 418 g/mol. The summed E-state index contributed by atoms with van der Waals surface area (Å²) >= 11 is 0. The number of aliphatic hydroxyl groups is 1. The highest BCUT2D eigenvalue weighted by molar-refractivity contribution is 5.67. The molecular formula is C25H37N5O3. The third-order valence-corrected chi connectivity index (χ3v) is 6.24. The van der Waals surface area contributed by atoms with Crippen molar-refractivity contribution in [2.45, 2.75) is 51.2 Å². The van der Waals surface area contributed by atoms with Crippen molar-refractivity contribution in [2.75, 3.05) is 56.7 Å².